The van der Waals surface area contributed by atoms with E-state index < -0.39 is 0 Å². The third-order valence-corrected chi connectivity index (χ3v) is 4.17. The van der Waals surface area contributed by atoms with Gasteiger partial charge in [-0.1, -0.05) is 0 Å². The number of hydrogen-bond acceptors (Lipinski definition) is 4. The lowest BCUT2D eigenvalue weighted by atomic mass is 9.78. The molecular weight excluding hydrogens is 244 g/mol. The van der Waals surface area contributed by atoms with Gasteiger partial charge in [-0.05, 0) is 52.4 Å². The van der Waals surface area contributed by atoms with Crippen molar-refractivity contribution in [1.82, 2.24) is 0 Å². The van der Waals surface area contributed by atoms with Crippen LogP contribution in [0.3, 0.4) is 0 Å². The van der Waals surface area contributed by atoms with E-state index in [9.17, 15) is 5.11 Å². The van der Waals surface area contributed by atoms with Gasteiger partial charge in [0.25, 0.3) is 0 Å². The fraction of sp³-hybridized carbons (Fsp3) is 1.00. The molecule has 0 aromatic rings. The van der Waals surface area contributed by atoms with Crippen molar-refractivity contribution >= 4 is 0 Å². The van der Waals surface area contributed by atoms with Crippen LogP contribution in [0.25, 0.3) is 0 Å². The Kier molecular flexibility index (Phi) is 4.88. The highest BCUT2D eigenvalue weighted by Crippen LogP contribution is 2.38. The molecule has 2 unspecified atom stereocenters. The molecule has 2 aliphatic rings. The first-order chi connectivity index (χ1) is 8.90. The van der Waals surface area contributed by atoms with E-state index in [1.807, 2.05) is 20.8 Å². The summed E-state index contributed by atoms with van der Waals surface area (Å²) < 4.78 is 17.1. The summed E-state index contributed by atoms with van der Waals surface area (Å²) in [5, 5.41) is 10.3. The molecule has 2 heterocycles. The first-order valence-electron chi connectivity index (χ1n) is 7.44. The minimum atomic E-state index is -0.386. The van der Waals surface area contributed by atoms with Crippen molar-refractivity contribution in [3.63, 3.8) is 0 Å². The largest absolute Gasteiger partial charge is 0.390 e. The standard InChI is InChI=1S/C15H28O4/c1-14(2,3)19-11-13(16)12-4-7-18-15(10-12)5-8-17-9-6-15/h12-13,16H,4-11H2,1-3H3. The van der Waals surface area contributed by atoms with E-state index in [1.54, 1.807) is 0 Å². The van der Waals surface area contributed by atoms with Crippen LogP contribution in [-0.2, 0) is 14.2 Å². The van der Waals surface area contributed by atoms with Gasteiger partial charge in [0.05, 0.1) is 23.9 Å². The molecule has 19 heavy (non-hydrogen) atoms. The predicted octanol–water partition coefficient (Wildman–Crippen LogP) is 2.14. The van der Waals surface area contributed by atoms with Crippen LogP contribution >= 0.6 is 0 Å². The van der Waals surface area contributed by atoms with E-state index >= 15 is 0 Å². The molecule has 0 saturated carbocycles. The molecule has 0 aliphatic carbocycles. The van der Waals surface area contributed by atoms with Gasteiger partial charge in [0.1, 0.15) is 0 Å². The minimum absolute atomic E-state index is 0.0517. The Balaban J connectivity index is 1.86. The molecule has 0 amide bonds. The Morgan fingerprint density at radius 3 is 2.58 bits per heavy atom. The van der Waals surface area contributed by atoms with Gasteiger partial charge in [-0.25, -0.2) is 0 Å². The summed E-state index contributed by atoms with van der Waals surface area (Å²) in [6, 6.07) is 0. The predicted molar refractivity (Wildman–Crippen MR) is 73.2 cm³/mol. The van der Waals surface area contributed by atoms with Crippen LogP contribution in [0.4, 0.5) is 0 Å². The summed E-state index contributed by atoms with van der Waals surface area (Å²) in [4.78, 5) is 0. The minimum Gasteiger partial charge on any atom is -0.390 e. The molecule has 1 N–H and O–H groups in total. The summed E-state index contributed by atoms with van der Waals surface area (Å²) in [7, 11) is 0. The number of hydrogen-bond donors (Lipinski definition) is 1. The Bertz CT molecular complexity index is 273. The molecule has 4 nitrogen and oxygen atoms in total. The number of aliphatic hydroxyl groups excluding tert-OH is 1. The highest BCUT2D eigenvalue weighted by molar-refractivity contribution is 4.91. The second-order valence-corrected chi connectivity index (χ2v) is 6.89. The molecule has 2 fully saturated rings. The average molecular weight is 272 g/mol. The Morgan fingerprint density at radius 1 is 1.26 bits per heavy atom. The van der Waals surface area contributed by atoms with Crippen molar-refractivity contribution in [2.75, 3.05) is 26.4 Å². The molecule has 0 bridgehead atoms. The van der Waals surface area contributed by atoms with Gasteiger partial charge < -0.3 is 19.3 Å². The van der Waals surface area contributed by atoms with Gasteiger partial charge >= 0.3 is 0 Å². The second kappa shape index (κ2) is 6.08. The van der Waals surface area contributed by atoms with Crippen molar-refractivity contribution in [2.45, 2.75) is 63.8 Å². The smallest absolute Gasteiger partial charge is 0.0803 e. The van der Waals surface area contributed by atoms with Gasteiger partial charge in [0, 0.05) is 19.8 Å². The van der Waals surface area contributed by atoms with E-state index in [0.29, 0.717) is 6.61 Å². The molecule has 112 valence electrons. The summed E-state index contributed by atoms with van der Waals surface area (Å²) in [5.41, 5.74) is -0.244. The molecule has 2 aliphatic heterocycles. The van der Waals surface area contributed by atoms with Crippen molar-refractivity contribution < 1.29 is 19.3 Å². The summed E-state index contributed by atoms with van der Waals surface area (Å²) in [5.74, 6) is 0.286. The van der Waals surface area contributed by atoms with Gasteiger partial charge in [-0.3, -0.25) is 0 Å². The third kappa shape index (κ3) is 4.42. The zero-order chi connectivity index (χ0) is 13.9. The van der Waals surface area contributed by atoms with Gasteiger partial charge in [-0.2, -0.15) is 0 Å². The van der Waals surface area contributed by atoms with Crippen LogP contribution in [0.1, 0.15) is 46.5 Å². The first-order valence-corrected chi connectivity index (χ1v) is 7.44. The molecule has 2 rings (SSSR count). The first kappa shape index (κ1) is 15.2. The SMILES string of the molecule is CC(C)(C)OCC(O)C1CCOC2(CCOCC2)C1. The van der Waals surface area contributed by atoms with Crippen LogP contribution in [0.2, 0.25) is 0 Å². The zero-order valence-electron chi connectivity index (χ0n) is 12.5. The van der Waals surface area contributed by atoms with Crippen LogP contribution in [0, 0.1) is 5.92 Å². The Labute approximate surface area is 116 Å². The maximum Gasteiger partial charge on any atom is 0.0803 e. The fourth-order valence-electron chi connectivity index (χ4n) is 2.96. The van der Waals surface area contributed by atoms with E-state index in [-0.39, 0.29) is 23.2 Å². The highest BCUT2D eigenvalue weighted by atomic mass is 16.5. The van der Waals surface area contributed by atoms with Gasteiger partial charge in [-0.15, -0.1) is 0 Å². The summed E-state index contributed by atoms with van der Waals surface area (Å²) in [6.07, 6.45) is 3.39. The maximum atomic E-state index is 10.3. The normalized spacial score (nSPS) is 29.4. The number of aliphatic hydroxyl groups is 1. The second-order valence-electron chi connectivity index (χ2n) is 6.89. The van der Waals surface area contributed by atoms with Crippen LogP contribution < -0.4 is 0 Å². The topological polar surface area (TPSA) is 47.9 Å². The Hall–Kier alpha value is -0.160. The Morgan fingerprint density at radius 2 is 1.95 bits per heavy atom. The van der Waals surface area contributed by atoms with Gasteiger partial charge in [0.15, 0.2) is 0 Å². The molecule has 0 aromatic carbocycles. The fourth-order valence-corrected chi connectivity index (χ4v) is 2.96. The van der Waals surface area contributed by atoms with Crippen molar-refractivity contribution in [3.05, 3.63) is 0 Å². The quantitative estimate of drug-likeness (QED) is 0.855. The maximum absolute atomic E-state index is 10.3. The molecule has 2 atom stereocenters. The van der Waals surface area contributed by atoms with Crippen LogP contribution in [0.15, 0.2) is 0 Å². The van der Waals surface area contributed by atoms with Crippen molar-refractivity contribution in [1.29, 1.82) is 0 Å². The van der Waals surface area contributed by atoms with Crippen LogP contribution in [-0.4, -0.2) is 48.8 Å². The molecule has 0 radical (unpaired) electrons. The lowest BCUT2D eigenvalue weighted by Crippen LogP contribution is -2.47. The van der Waals surface area contributed by atoms with E-state index in [2.05, 4.69) is 0 Å². The van der Waals surface area contributed by atoms with Crippen molar-refractivity contribution in [3.8, 4) is 0 Å². The lowest BCUT2D eigenvalue weighted by Gasteiger charge is -2.44. The molecule has 0 aromatic heterocycles. The zero-order valence-corrected chi connectivity index (χ0v) is 12.5. The number of ether oxygens (including phenoxy) is 3. The highest BCUT2D eigenvalue weighted by Gasteiger charge is 2.41. The molecule has 2 saturated heterocycles. The lowest BCUT2D eigenvalue weighted by molar-refractivity contribution is -0.166. The third-order valence-electron chi connectivity index (χ3n) is 4.17. The number of rotatable bonds is 3. The summed E-state index contributed by atoms with van der Waals surface area (Å²) in [6.45, 7) is 8.78. The van der Waals surface area contributed by atoms with E-state index in [0.717, 1.165) is 45.5 Å². The molecule has 1 spiro atoms. The molecular formula is C15H28O4. The average Bonchev–Trinajstić information content (AvgIpc) is 2.36. The van der Waals surface area contributed by atoms with E-state index in [1.165, 1.54) is 0 Å². The van der Waals surface area contributed by atoms with Crippen LogP contribution in [0.5, 0.6) is 0 Å². The summed E-state index contributed by atoms with van der Waals surface area (Å²) >= 11 is 0. The molecule has 4 heteroatoms. The van der Waals surface area contributed by atoms with Crippen molar-refractivity contribution in [2.24, 2.45) is 5.92 Å². The van der Waals surface area contributed by atoms with Gasteiger partial charge in [0.2, 0.25) is 0 Å². The monoisotopic (exact) mass is 272 g/mol. The van der Waals surface area contributed by atoms with E-state index in [4.69, 9.17) is 14.2 Å².